The normalized spacial score (nSPS) is 10.1. The van der Waals surface area contributed by atoms with Crippen molar-refractivity contribution in [3.63, 3.8) is 0 Å². The van der Waals surface area contributed by atoms with Crippen molar-refractivity contribution in [2.75, 3.05) is 0 Å². The number of nitrogens with zero attached hydrogens (tertiary/aromatic N) is 2. The molecule has 0 atom stereocenters. The van der Waals surface area contributed by atoms with Crippen molar-refractivity contribution in [3.8, 4) is 6.07 Å². The van der Waals surface area contributed by atoms with E-state index in [4.69, 9.17) is 28.5 Å². The topological polar surface area (TPSA) is 36.7 Å². The molecule has 0 unspecified atom stereocenters. The van der Waals surface area contributed by atoms with Gasteiger partial charge < -0.3 is 0 Å². The third-order valence-corrected chi connectivity index (χ3v) is 2.38. The van der Waals surface area contributed by atoms with E-state index in [2.05, 4.69) is 4.98 Å². The summed E-state index contributed by atoms with van der Waals surface area (Å²) >= 11 is 11.6. The van der Waals surface area contributed by atoms with Gasteiger partial charge >= 0.3 is 0 Å². The maximum absolute atomic E-state index is 8.76. The molecule has 2 aromatic rings. The number of hydrogen-bond acceptors (Lipinski definition) is 2. The van der Waals surface area contributed by atoms with E-state index in [1.165, 1.54) is 0 Å². The van der Waals surface area contributed by atoms with Crippen molar-refractivity contribution >= 4 is 34.1 Å². The zero-order chi connectivity index (χ0) is 10.1. The summed E-state index contributed by atoms with van der Waals surface area (Å²) in [6, 6.07) is 7.09. The molecule has 0 fully saturated rings. The Hall–Kier alpha value is -1.30. The predicted octanol–water partition coefficient (Wildman–Crippen LogP) is 3.41. The number of pyridine rings is 1. The van der Waals surface area contributed by atoms with Gasteiger partial charge in [-0.2, -0.15) is 5.26 Å². The van der Waals surface area contributed by atoms with E-state index < -0.39 is 0 Å². The lowest BCUT2D eigenvalue weighted by Crippen LogP contribution is -1.82. The molecule has 0 aliphatic carbocycles. The van der Waals surface area contributed by atoms with Gasteiger partial charge in [-0.25, -0.2) is 0 Å². The molecule has 4 heteroatoms. The highest BCUT2D eigenvalue weighted by molar-refractivity contribution is 6.33. The van der Waals surface area contributed by atoms with Crippen molar-refractivity contribution in [2.24, 2.45) is 0 Å². The van der Waals surface area contributed by atoms with E-state index in [1.54, 1.807) is 24.4 Å². The minimum Gasteiger partial charge on any atom is -0.255 e. The number of aromatic nitrogens is 1. The van der Waals surface area contributed by atoms with Crippen LogP contribution in [0.1, 0.15) is 5.56 Å². The number of benzene rings is 1. The fourth-order valence-electron chi connectivity index (χ4n) is 1.21. The molecule has 14 heavy (non-hydrogen) atoms. The molecule has 0 spiro atoms. The Labute approximate surface area is 90.7 Å². The molecule has 0 saturated carbocycles. The first kappa shape index (κ1) is 9.26. The largest absolute Gasteiger partial charge is 0.255 e. The van der Waals surface area contributed by atoms with Crippen molar-refractivity contribution in [1.82, 2.24) is 4.98 Å². The Morgan fingerprint density at radius 3 is 2.71 bits per heavy atom. The zero-order valence-corrected chi connectivity index (χ0v) is 8.47. The van der Waals surface area contributed by atoms with Gasteiger partial charge in [0.25, 0.3) is 0 Å². The van der Waals surface area contributed by atoms with Gasteiger partial charge in [-0.05, 0) is 18.2 Å². The van der Waals surface area contributed by atoms with Gasteiger partial charge in [0.05, 0.1) is 21.1 Å². The Balaban J connectivity index is 2.82. The van der Waals surface area contributed by atoms with E-state index in [1.807, 2.05) is 6.07 Å². The van der Waals surface area contributed by atoms with Crippen LogP contribution in [0.2, 0.25) is 10.0 Å². The number of hydrogen-bond donors (Lipinski definition) is 0. The lowest BCUT2D eigenvalue weighted by atomic mass is 10.1. The molecule has 2 rings (SSSR count). The average Bonchev–Trinajstić information content (AvgIpc) is 2.17. The van der Waals surface area contributed by atoms with E-state index in [-0.39, 0.29) is 0 Å². The summed E-state index contributed by atoms with van der Waals surface area (Å²) < 4.78 is 0. The van der Waals surface area contributed by atoms with Crippen molar-refractivity contribution in [1.29, 1.82) is 5.26 Å². The van der Waals surface area contributed by atoms with Crippen molar-refractivity contribution < 1.29 is 0 Å². The van der Waals surface area contributed by atoms with Gasteiger partial charge in [-0.3, -0.25) is 4.98 Å². The summed E-state index contributed by atoms with van der Waals surface area (Å²) in [5.41, 5.74) is 1.17. The summed E-state index contributed by atoms with van der Waals surface area (Å²) in [5.74, 6) is 0. The molecule has 0 aliphatic heterocycles. The molecule has 1 aromatic carbocycles. The quantitative estimate of drug-likeness (QED) is 0.686. The third-order valence-electron chi connectivity index (χ3n) is 1.86. The van der Waals surface area contributed by atoms with E-state index in [9.17, 15) is 0 Å². The summed E-state index contributed by atoms with van der Waals surface area (Å²) in [5, 5.41) is 10.5. The SMILES string of the molecule is N#Cc1cc2cc(Cl)cnc2cc1Cl. The van der Waals surface area contributed by atoms with Crippen LogP contribution in [0.15, 0.2) is 24.4 Å². The lowest BCUT2D eigenvalue weighted by Gasteiger charge is -1.99. The molecule has 0 amide bonds. The van der Waals surface area contributed by atoms with Gasteiger partial charge in [0.2, 0.25) is 0 Å². The van der Waals surface area contributed by atoms with Gasteiger partial charge in [-0.1, -0.05) is 23.2 Å². The molecule has 0 radical (unpaired) electrons. The standard InChI is InChI=1S/C10H4Cl2N2/c11-8-2-6-1-7(4-13)9(12)3-10(6)14-5-8/h1-3,5H. The lowest BCUT2D eigenvalue weighted by molar-refractivity contribution is 1.40. The molecule has 0 aliphatic rings. The highest BCUT2D eigenvalue weighted by Crippen LogP contribution is 2.23. The minimum atomic E-state index is 0.412. The van der Waals surface area contributed by atoms with Crippen molar-refractivity contribution in [2.45, 2.75) is 0 Å². The minimum absolute atomic E-state index is 0.412. The second-order valence-corrected chi connectivity index (χ2v) is 3.63. The Kier molecular flexibility index (Phi) is 2.28. The smallest absolute Gasteiger partial charge is 0.101 e. The fourth-order valence-corrected chi connectivity index (χ4v) is 1.58. The molecule has 68 valence electrons. The van der Waals surface area contributed by atoms with Crippen LogP contribution in [0, 0.1) is 11.3 Å². The number of rotatable bonds is 0. The van der Waals surface area contributed by atoms with Crippen LogP contribution in [0.25, 0.3) is 10.9 Å². The van der Waals surface area contributed by atoms with Gasteiger partial charge in [-0.15, -0.1) is 0 Å². The molecule has 2 nitrogen and oxygen atoms in total. The van der Waals surface area contributed by atoms with Crippen LogP contribution in [0.3, 0.4) is 0 Å². The molecular formula is C10H4Cl2N2. The summed E-state index contributed by atoms with van der Waals surface area (Å²) in [6.45, 7) is 0. The highest BCUT2D eigenvalue weighted by Gasteiger charge is 2.03. The maximum Gasteiger partial charge on any atom is 0.101 e. The third kappa shape index (κ3) is 1.52. The second-order valence-electron chi connectivity index (χ2n) is 2.79. The first-order valence-electron chi connectivity index (χ1n) is 3.85. The fraction of sp³-hybridized carbons (Fsp3) is 0. The van der Waals surface area contributed by atoms with Crippen LogP contribution in [0.5, 0.6) is 0 Å². The molecule has 0 saturated heterocycles. The number of halogens is 2. The van der Waals surface area contributed by atoms with E-state index in [0.29, 0.717) is 15.6 Å². The van der Waals surface area contributed by atoms with E-state index >= 15 is 0 Å². The van der Waals surface area contributed by atoms with Crippen LogP contribution in [0.4, 0.5) is 0 Å². The van der Waals surface area contributed by atoms with Gasteiger partial charge in [0.1, 0.15) is 6.07 Å². The first-order chi connectivity index (χ1) is 6.70. The Morgan fingerprint density at radius 1 is 1.21 bits per heavy atom. The van der Waals surface area contributed by atoms with Crippen LogP contribution in [-0.4, -0.2) is 4.98 Å². The van der Waals surface area contributed by atoms with E-state index in [0.717, 1.165) is 10.9 Å². The Bertz CT molecular complexity index is 544. The predicted molar refractivity (Wildman–Crippen MR) is 56.5 cm³/mol. The van der Waals surface area contributed by atoms with Crippen molar-refractivity contribution in [3.05, 3.63) is 40.0 Å². The molecule has 0 N–H and O–H groups in total. The number of nitriles is 1. The number of fused-ring (bicyclic) bond motifs is 1. The molecular weight excluding hydrogens is 219 g/mol. The monoisotopic (exact) mass is 222 g/mol. The highest BCUT2D eigenvalue weighted by atomic mass is 35.5. The van der Waals surface area contributed by atoms with Crippen LogP contribution >= 0.6 is 23.2 Å². The average molecular weight is 223 g/mol. The first-order valence-corrected chi connectivity index (χ1v) is 4.61. The molecule has 1 heterocycles. The Morgan fingerprint density at radius 2 is 2.00 bits per heavy atom. The zero-order valence-electron chi connectivity index (χ0n) is 6.96. The summed E-state index contributed by atoms with van der Waals surface area (Å²) in [4.78, 5) is 4.09. The maximum atomic E-state index is 8.76. The van der Waals surface area contributed by atoms with Crippen LogP contribution < -0.4 is 0 Å². The summed E-state index contributed by atoms with van der Waals surface area (Å²) in [6.07, 6.45) is 1.55. The second kappa shape index (κ2) is 3.45. The summed E-state index contributed by atoms with van der Waals surface area (Å²) in [7, 11) is 0. The van der Waals surface area contributed by atoms with Gasteiger partial charge in [0.15, 0.2) is 0 Å². The van der Waals surface area contributed by atoms with Crippen LogP contribution in [-0.2, 0) is 0 Å². The molecule has 0 bridgehead atoms. The van der Waals surface area contributed by atoms with Gasteiger partial charge in [0, 0.05) is 11.6 Å². The molecule has 1 aromatic heterocycles.